The van der Waals surface area contributed by atoms with Crippen molar-refractivity contribution in [2.24, 2.45) is 0 Å². The molecule has 18 heavy (non-hydrogen) atoms. The molecule has 0 fully saturated rings. The van der Waals surface area contributed by atoms with Crippen LogP contribution in [0.4, 0.5) is 17.2 Å². The second-order valence-electron chi connectivity index (χ2n) is 3.85. The summed E-state index contributed by atoms with van der Waals surface area (Å²) in [5.41, 5.74) is 1.72. The number of carbonyl (C=O) groups is 1. The van der Waals surface area contributed by atoms with Crippen molar-refractivity contribution in [2.45, 2.75) is 0 Å². The number of para-hydroxylation sites is 2. The summed E-state index contributed by atoms with van der Waals surface area (Å²) in [6.07, 6.45) is 3.13. The normalized spacial score (nSPS) is 14.1. The first-order chi connectivity index (χ1) is 8.75. The molecule has 2 heterocycles. The lowest BCUT2D eigenvalue weighted by molar-refractivity contribution is -0.115. The standard InChI is InChI=1S/C12H9BrN4O/c13-8-5-14-7-15-12(8)17-6-11(18)16-9-3-1-2-4-10(9)17/h1-5,7H,6H2,(H,16,18). The van der Waals surface area contributed by atoms with E-state index in [2.05, 4.69) is 31.2 Å². The molecule has 1 N–H and O–H groups in total. The molecular weight excluding hydrogens is 296 g/mol. The third-order valence-corrected chi connectivity index (χ3v) is 3.23. The minimum absolute atomic E-state index is 0.0563. The molecule has 3 rings (SSSR count). The quantitative estimate of drug-likeness (QED) is 0.878. The number of halogens is 1. The van der Waals surface area contributed by atoms with Gasteiger partial charge in [-0.25, -0.2) is 9.97 Å². The number of amides is 1. The largest absolute Gasteiger partial charge is 0.323 e. The molecule has 1 aliphatic rings. The van der Waals surface area contributed by atoms with Gasteiger partial charge in [0.2, 0.25) is 5.91 Å². The van der Waals surface area contributed by atoms with Gasteiger partial charge in [0.05, 0.1) is 15.8 Å². The molecule has 1 amide bonds. The van der Waals surface area contributed by atoms with Gasteiger partial charge in [0, 0.05) is 6.20 Å². The van der Waals surface area contributed by atoms with E-state index in [1.165, 1.54) is 6.33 Å². The van der Waals surface area contributed by atoms with Gasteiger partial charge >= 0.3 is 0 Å². The van der Waals surface area contributed by atoms with Gasteiger partial charge in [0.25, 0.3) is 0 Å². The third kappa shape index (κ3) is 1.84. The molecule has 90 valence electrons. The van der Waals surface area contributed by atoms with Gasteiger partial charge in [-0.1, -0.05) is 12.1 Å². The summed E-state index contributed by atoms with van der Waals surface area (Å²) < 4.78 is 0.759. The summed E-state index contributed by atoms with van der Waals surface area (Å²) >= 11 is 3.41. The van der Waals surface area contributed by atoms with Crippen molar-refractivity contribution in [1.29, 1.82) is 0 Å². The molecule has 1 aromatic heterocycles. The number of hydrogen-bond acceptors (Lipinski definition) is 4. The lowest BCUT2D eigenvalue weighted by Crippen LogP contribution is -2.35. The number of nitrogens with zero attached hydrogens (tertiary/aromatic N) is 3. The van der Waals surface area contributed by atoms with Crippen LogP contribution >= 0.6 is 15.9 Å². The zero-order valence-electron chi connectivity index (χ0n) is 9.30. The summed E-state index contributed by atoms with van der Waals surface area (Å²) in [4.78, 5) is 21.7. The summed E-state index contributed by atoms with van der Waals surface area (Å²) in [5.74, 6) is 0.631. The molecule has 6 heteroatoms. The fraction of sp³-hybridized carbons (Fsp3) is 0.0833. The summed E-state index contributed by atoms with van der Waals surface area (Å²) in [5, 5.41) is 2.84. The number of anilines is 3. The van der Waals surface area contributed by atoms with E-state index in [1.54, 1.807) is 6.20 Å². The summed E-state index contributed by atoms with van der Waals surface area (Å²) in [7, 11) is 0. The Morgan fingerprint density at radius 1 is 1.33 bits per heavy atom. The number of nitrogens with one attached hydrogen (secondary N) is 1. The molecule has 0 unspecified atom stereocenters. The summed E-state index contributed by atoms with van der Waals surface area (Å²) in [6.45, 7) is 0.243. The Morgan fingerprint density at radius 3 is 3.00 bits per heavy atom. The van der Waals surface area contributed by atoms with Crippen LogP contribution in [0.15, 0.2) is 41.3 Å². The Bertz CT molecular complexity index is 617. The second-order valence-corrected chi connectivity index (χ2v) is 4.70. The van der Waals surface area contributed by atoms with Gasteiger partial charge < -0.3 is 10.2 Å². The maximum Gasteiger partial charge on any atom is 0.244 e. The third-order valence-electron chi connectivity index (χ3n) is 2.67. The number of aromatic nitrogens is 2. The lowest BCUT2D eigenvalue weighted by atomic mass is 10.2. The number of benzene rings is 1. The number of rotatable bonds is 1. The number of hydrogen-bond donors (Lipinski definition) is 1. The van der Waals surface area contributed by atoms with Crippen LogP contribution in [0.25, 0.3) is 0 Å². The lowest BCUT2D eigenvalue weighted by Gasteiger charge is -2.30. The highest BCUT2D eigenvalue weighted by molar-refractivity contribution is 9.10. The Kier molecular flexibility index (Phi) is 2.71. The van der Waals surface area contributed by atoms with Gasteiger partial charge in [-0.15, -0.1) is 0 Å². The van der Waals surface area contributed by atoms with Crippen LogP contribution < -0.4 is 10.2 Å². The van der Waals surface area contributed by atoms with E-state index in [0.29, 0.717) is 5.82 Å². The maximum atomic E-state index is 11.7. The van der Waals surface area contributed by atoms with Gasteiger partial charge in [0.1, 0.15) is 12.9 Å². The molecule has 0 aliphatic carbocycles. The van der Waals surface area contributed by atoms with Crippen LogP contribution in [-0.2, 0) is 4.79 Å². The number of carbonyl (C=O) groups excluding carboxylic acids is 1. The van der Waals surface area contributed by atoms with E-state index in [-0.39, 0.29) is 12.5 Å². The molecule has 0 atom stereocenters. The molecule has 1 aliphatic heterocycles. The molecule has 0 saturated heterocycles. The first-order valence-corrected chi connectivity index (χ1v) is 6.17. The van der Waals surface area contributed by atoms with E-state index in [9.17, 15) is 4.79 Å². The molecule has 0 spiro atoms. The van der Waals surface area contributed by atoms with E-state index >= 15 is 0 Å². The fourth-order valence-corrected chi connectivity index (χ4v) is 2.36. The van der Waals surface area contributed by atoms with Gasteiger partial charge in [0.15, 0.2) is 5.82 Å². The SMILES string of the molecule is O=C1CN(c2ncncc2Br)c2ccccc2N1. The van der Waals surface area contributed by atoms with Crippen molar-refractivity contribution in [3.05, 3.63) is 41.3 Å². The van der Waals surface area contributed by atoms with Crippen LogP contribution in [0.5, 0.6) is 0 Å². The number of fused-ring (bicyclic) bond motifs is 1. The van der Waals surface area contributed by atoms with Crippen molar-refractivity contribution in [1.82, 2.24) is 9.97 Å². The second kappa shape index (κ2) is 4.38. The van der Waals surface area contributed by atoms with Crippen LogP contribution in [0.1, 0.15) is 0 Å². The van der Waals surface area contributed by atoms with Gasteiger partial charge in [-0.3, -0.25) is 4.79 Å². The Hall–Kier alpha value is -1.95. The van der Waals surface area contributed by atoms with Crippen molar-refractivity contribution in [3.63, 3.8) is 0 Å². The van der Waals surface area contributed by atoms with Crippen LogP contribution in [-0.4, -0.2) is 22.4 Å². The van der Waals surface area contributed by atoms with Crippen LogP contribution in [0.2, 0.25) is 0 Å². The highest BCUT2D eigenvalue weighted by Gasteiger charge is 2.24. The minimum atomic E-state index is -0.0563. The topological polar surface area (TPSA) is 58.1 Å². The van der Waals surface area contributed by atoms with Crippen LogP contribution in [0, 0.1) is 0 Å². The molecule has 5 nitrogen and oxygen atoms in total. The molecule has 0 bridgehead atoms. The minimum Gasteiger partial charge on any atom is -0.323 e. The predicted molar refractivity (Wildman–Crippen MR) is 71.8 cm³/mol. The summed E-state index contributed by atoms with van der Waals surface area (Å²) in [6, 6.07) is 7.63. The van der Waals surface area contributed by atoms with Crippen molar-refractivity contribution in [3.8, 4) is 0 Å². The monoisotopic (exact) mass is 304 g/mol. The molecular formula is C12H9BrN4O. The average Bonchev–Trinajstić information content (AvgIpc) is 2.38. The van der Waals surface area contributed by atoms with E-state index in [0.717, 1.165) is 15.8 Å². The molecule has 0 radical (unpaired) electrons. The zero-order valence-corrected chi connectivity index (χ0v) is 10.9. The van der Waals surface area contributed by atoms with E-state index in [4.69, 9.17) is 0 Å². The van der Waals surface area contributed by atoms with Gasteiger partial charge in [-0.2, -0.15) is 0 Å². The van der Waals surface area contributed by atoms with Crippen molar-refractivity contribution in [2.75, 3.05) is 16.8 Å². The fourth-order valence-electron chi connectivity index (χ4n) is 1.93. The highest BCUT2D eigenvalue weighted by atomic mass is 79.9. The maximum absolute atomic E-state index is 11.7. The zero-order chi connectivity index (χ0) is 12.5. The Labute approximate surface area is 112 Å². The van der Waals surface area contributed by atoms with E-state index in [1.807, 2.05) is 29.2 Å². The first kappa shape index (κ1) is 11.2. The Balaban J connectivity index is 2.13. The van der Waals surface area contributed by atoms with Crippen molar-refractivity contribution < 1.29 is 4.79 Å². The predicted octanol–water partition coefficient (Wildman–Crippen LogP) is 2.33. The highest BCUT2D eigenvalue weighted by Crippen LogP contribution is 2.36. The van der Waals surface area contributed by atoms with Gasteiger partial charge in [-0.05, 0) is 28.1 Å². The Morgan fingerprint density at radius 2 is 2.17 bits per heavy atom. The van der Waals surface area contributed by atoms with E-state index < -0.39 is 0 Å². The average molecular weight is 305 g/mol. The van der Waals surface area contributed by atoms with Crippen molar-refractivity contribution >= 4 is 39.0 Å². The molecule has 0 saturated carbocycles. The first-order valence-electron chi connectivity index (χ1n) is 5.37. The molecule has 2 aromatic rings. The smallest absolute Gasteiger partial charge is 0.244 e. The van der Waals surface area contributed by atoms with Crippen LogP contribution in [0.3, 0.4) is 0 Å². The molecule has 1 aromatic carbocycles.